The van der Waals surface area contributed by atoms with E-state index in [1.165, 1.54) is 18.2 Å². The fourth-order valence-electron chi connectivity index (χ4n) is 2.16. The summed E-state index contributed by atoms with van der Waals surface area (Å²) in [6.07, 6.45) is 0.213. The normalized spacial score (nSPS) is 22.5. The van der Waals surface area contributed by atoms with Crippen LogP contribution in [0.25, 0.3) is 0 Å². The number of anilines is 1. The van der Waals surface area contributed by atoms with Gasteiger partial charge in [0.05, 0.1) is 9.95 Å². The molecule has 0 aliphatic carbocycles. The van der Waals surface area contributed by atoms with Gasteiger partial charge < -0.3 is 15.7 Å². The molecule has 8 heteroatoms. The van der Waals surface area contributed by atoms with Crippen LogP contribution in [0.3, 0.4) is 0 Å². The molecule has 2 rings (SSSR count). The number of nitrogens with zero attached hydrogens (tertiary/aromatic N) is 2. The molecule has 0 aromatic heterocycles. The maximum Gasteiger partial charge on any atom is 0.325 e. The molecule has 0 spiro atoms. The highest BCUT2D eigenvalue weighted by Gasteiger charge is 2.43. The van der Waals surface area contributed by atoms with E-state index in [1.807, 2.05) is 0 Å². The smallest absolute Gasteiger partial charge is 0.325 e. The first-order valence-corrected chi connectivity index (χ1v) is 5.93. The monoisotopic (exact) mass is 285 g/mol. The predicted molar refractivity (Wildman–Crippen MR) is 69.5 cm³/mol. The number of aliphatic carboxylic acids is 1. The number of nitrogens with two attached hydrogens (primary N) is 1. The van der Waals surface area contributed by atoms with Crippen molar-refractivity contribution in [2.45, 2.75) is 12.0 Å². The van der Waals surface area contributed by atoms with Crippen LogP contribution in [-0.2, 0) is 4.79 Å². The van der Waals surface area contributed by atoms with Crippen molar-refractivity contribution in [3.05, 3.63) is 33.3 Å². The summed E-state index contributed by atoms with van der Waals surface area (Å²) in [5.41, 5.74) is 4.43. The molecule has 1 unspecified atom stereocenters. The number of hydrogen-bond acceptors (Lipinski definition) is 5. The third-order valence-corrected chi connectivity index (χ3v) is 3.51. The Morgan fingerprint density at radius 3 is 2.79 bits per heavy atom. The van der Waals surface area contributed by atoms with Crippen LogP contribution < -0.4 is 10.6 Å². The highest BCUT2D eigenvalue weighted by Crippen LogP contribution is 2.38. The summed E-state index contributed by atoms with van der Waals surface area (Å²) in [4.78, 5) is 23.1. The van der Waals surface area contributed by atoms with Crippen LogP contribution in [0.2, 0.25) is 5.02 Å². The number of benzene rings is 1. The Kier molecular flexibility index (Phi) is 3.34. The fraction of sp³-hybridized carbons (Fsp3) is 0.364. The van der Waals surface area contributed by atoms with Crippen molar-refractivity contribution in [3.8, 4) is 0 Å². The van der Waals surface area contributed by atoms with Crippen molar-refractivity contribution in [2.75, 3.05) is 18.0 Å². The average molecular weight is 286 g/mol. The Morgan fingerprint density at radius 2 is 2.26 bits per heavy atom. The summed E-state index contributed by atoms with van der Waals surface area (Å²) >= 11 is 5.99. The summed E-state index contributed by atoms with van der Waals surface area (Å²) in [6, 6.07) is 4.34. The lowest BCUT2D eigenvalue weighted by Gasteiger charge is -2.22. The van der Waals surface area contributed by atoms with Crippen molar-refractivity contribution >= 4 is 28.9 Å². The Morgan fingerprint density at radius 1 is 1.58 bits per heavy atom. The molecule has 1 aliphatic rings. The van der Waals surface area contributed by atoms with E-state index in [1.54, 1.807) is 4.90 Å². The van der Waals surface area contributed by atoms with E-state index in [0.717, 1.165) is 0 Å². The van der Waals surface area contributed by atoms with Gasteiger partial charge in [-0.3, -0.25) is 14.9 Å². The predicted octanol–water partition coefficient (Wildman–Crippen LogP) is 1.24. The lowest BCUT2D eigenvalue weighted by atomic mass is 10.0. The van der Waals surface area contributed by atoms with E-state index in [4.69, 9.17) is 22.4 Å². The van der Waals surface area contributed by atoms with Gasteiger partial charge in [0.15, 0.2) is 0 Å². The van der Waals surface area contributed by atoms with E-state index >= 15 is 0 Å². The molecule has 7 nitrogen and oxygen atoms in total. The summed E-state index contributed by atoms with van der Waals surface area (Å²) < 4.78 is 0. The molecule has 1 heterocycles. The molecule has 19 heavy (non-hydrogen) atoms. The highest BCUT2D eigenvalue weighted by molar-refractivity contribution is 6.33. The van der Waals surface area contributed by atoms with Gasteiger partial charge in [0.25, 0.3) is 5.69 Å². The first-order valence-electron chi connectivity index (χ1n) is 5.55. The van der Waals surface area contributed by atoms with Crippen LogP contribution in [-0.4, -0.2) is 34.6 Å². The maximum absolute atomic E-state index is 11.1. The molecule has 1 saturated heterocycles. The van der Waals surface area contributed by atoms with Crippen molar-refractivity contribution in [1.82, 2.24) is 0 Å². The molecular weight excluding hydrogens is 274 g/mol. The van der Waals surface area contributed by atoms with E-state index in [0.29, 0.717) is 6.54 Å². The van der Waals surface area contributed by atoms with Gasteiger partial charge in [0.2, 0.25) is 0 Å². The number of para-hydroxylation sites is 1. The van der Waals surface area contributed by atoms with E-state index in [-0.39, 0.29) is 29.4 Å². The summed E-state index contributed by atoms with van der Waals surface area (Å²) in [5.74, 6) is -1.12. The quantitative estimate of drug-likeness (QED) is 0.639. The van der Waals surface area contributed by atoms with Gasteiger partial charge in [-0.25, -0.2) is 0 Å². The van der Waals surface area contributed by atoms with Crippen LogP contribution in [0, 0.1) is 10.1 Å². The third kappa shape index (κ3) is 2.34. The zero-order valence-electron chi connectivity index (χ0n) is 9.88. The summed E-state index contributed by atoms with van der Waals surface area (Å²) in [7, 11) is 0. The van der Waals surface area contributed by atoms with Crippen LogP contribution >= 0.6 is 11.6 Å². The molecule has 0 radical (unpaired) electrons. The van der Waals surface area contributed by atoms with Crippen LogP contribution in [0.5, 0.6) is 0 Å². The van der Waals surface area contributed by atoms with Gasteiger partial charge in [-0.05, 0) is 12.5 Å². The molecule has 1 atom stereocenters. The summed E-state index contributed by atoms with van der Waals surface area (Å²) in [6.45, 7) is 0.306. The largest absolute Gasteiger partial charge is 0.480 e. The minimum Gasteiger partial charge on any atom is -0.480 e. The van der Waals surface area contributed by atoms with Gasteiger partial charge in [-0.1, -0.05) is 17.7 Å². The Hall–Kier alpha value is -1.86. The number of rotatable bonds is 3. The zero-order chi connectivity index (χ0) is 14.2. The standard InChI is InChI=1S/C11H12ClN3O4/c12-7-2-1-3-8(15(18)19)9(7)14-5-4-11(13,6-14)10(16)17/h1-3H,4-6,13H2,(H,16,17). The first kappa shape index (κ1) is 13.6. The second-order valence-corrected chi connectivity index (χ2v) is 4.90. The molecule has 102 valence electrons. The number of carboxylic acids is 1. The Bertz CT molecular complexity index is 551. The number of nitro benzene ring substituents is 1. The topological polar surface area (TPSA) is 110 Å². The van der Waals surface area contributed by atoms with Crippen molar-refractivity contribution < 1.29 is 14.8 Å². The van der Waals surface area contributed by atoms with Gasteiger partial charge in [0, 0.05) is 19.2 Å². The number of carbonyl (C=O) groups is 1. The molecule has 0 bridgehead atoms. The molecule has 0 saturated carbocycles. The number of halogens is 1. The second kappa shape index (κ2) is 4.67. The van der Waals surface area contributed by atoms with Crippen LogP contribution in [0.15, 0.2) is 18.2 Å². The van der Waals surface area contributed by atoms with Gasteiger partial charge in [0.1, 0.15) is 11.2 Å². The van der Waals surface area contributed by atoms with Gasteiger partial charge in [-0.15, -0.1) is 0 Å². The number of nitro groups is 1. The fourth-order valence-corrected chi connectivity index (χ4v) is 2.45. The molecule has 1 fully saturated rings. The molecule has 0 amide bonds. The van der Waals surface area contributed by atoms with Crippen molar-refractivity contribution in [1.29, 1.82) is 0 Å². The second-order valence-electron chi connectivity index (χ2n) is 4.50. The van der Waals surface area contributed by atoms with Crippen LogP contribution in [0.4, 0.5) is 11.4 Å². The van der Waals surface area contributed by atoms with Crippen molar-refractivity contribution in [3.63, 3.8) is 0 Å². The van der Waals surface area contributed by atoms with E-state index < -0.39 is 16.4 Å². The SMILES string of the molecule is NC1(C(=O)O)CCN(c2c(Cl)cccc2[N+](=O)[O-])C1. The van der Waals surface area contributed by atoms with Crippen LogP contribution in [0.1, 0.15) is 6.42 Å². The minimum absolute atomic E-state index is 0.00704. The third-order valence-electron chi connectivity index (χ3n) is 3.21. The Balaban J connectivity index is 2.39. The van der Waals surface area contributed by atoms with E-state index in [2.05, 4.69) is 0 Å². The lowest BCUT2D eigenvalue weighted by Crippen LogP contribution is -2.50. The maximum atomic E-state index is 11.1. The molecular formula is C11H12ClN3O4. The molecule has 1 aromatic rings. The lowest BCUT2D eigenvalue weighted by molar-refractivity contribution is -0.384. The zero-order valence-corrected chi connectivity index (χ0v) is 10.6. The summed E-state index contributed by atoms with van der Waals surface area (Å²) in [5, 5.41) is 20.3. The average Bonchev–Trinajstić information content (AvgIpc) is 2.72. The molecule has 1 aromatic carbocycles. The van der Waals surface area contributed by atoms with Gasteiger partial charge in [-0.2, -0.15) is 0 Å². The van der Waals surface area contributed by atoms with Gasteiger partial charge >= 0.3 is 5.97 Å². The number of carboxylic acid groups (broad SMARTS) is 1. The van der Waals surface area contributed by atoms with Crippen molar-refractivity contribution in [2.24, 2.45) is 5.73 Å². The number of hydrogen-bond donors (Lipinski definition) is 2. The minimum atomic E-state index is -1.40. The first-order chi connectivity index (χ1) is 8.85. The molecule has 1 aliphatic heterocycles. The van der Waals surface area contributed by atoms with E-state index in [9.17, 15) is 14.9 Å². The highest BCUT2D eigenvalue weighted by atomic mass is 35.5. The molecule has 3 N–H and O–H groups in total. The Labute approximate surface area is 113 Å².